The second kappa shape index (κ2) is 8.45. The zero-order valence-corrected chi connectivity index (χ0v) is 15.2. The third-order valence-electron chi connectivity index (χ3n) is 4.36. The van der Waals surface area contributed by atoms with E-state index in [1.165, 1.54) is 5.56 Å². The van der Waals surface area contributed by atoms with Crippen molar-refractivity contribution in [3.05, 3.63) is 70.2 Å². The molecule has 3 rings (SSSR count). The highest BCUT2D eigenvalue weighted by atomic mass is 79.9. The minimum Gasteiger partial charge on any atom is -0.376 e. The zero-order valence-electron chi connectivity index (χ0n) is 13.7. The zero-order chi connectivity index (χ0) is 16.8. The van der Waals surface area contributed by atoms with Crippen molar-refractivity contribution in [3.8, 4) is 0 Å². The summed E-state index contributed by atoms with van der Waals surface area (Å²) in [7, 11) is 0. The van der Waals surface area contributed by atoms with Crippen LogP contribution in [0.4, 0.5) is 0 Å². The van der Waals surface area contributed by atoms with Crippen molar-refractivity contribution in [2.45, 2.75) is 19.4 Å². The molecule has 1 atom stereocenters. The first-order valence-electron chi connectivity index (χ1n) is 8.39. The molecule has 1 heterocycles. The van der Waals surface area contributed by atoms with Crippen LogP contribution in [0.1, 0.15) is 28.8 Å². The number of amides is 1. The fourth-order valence-corrected chi connectivity index (χ4v) is 3.34. The van der Waals surface area contributed by atoms with E-state index in [4.69, 9.17) is 4.74 Å². The monoisotopic (exact) mass is 387 g/mol. The summed E-state index contributed by atoms with van der Waals surface area (Å²) in [5.74, 6) is 0.539. The highest BCUT2D eigenvalue weighted by Gasteiger charge is 2.24. The number of carbonyl (C=O) groups excluding carboxylic acids is 1. The number of likely N-dealkylation sites (tertiary alicyclic amines) is 1. The van der Waals surface area contributed by atoms with Crippen LogP contribution in [0.2, 0.25) is 0 Å². The number of benzene rings is 2. The van der Waals surface area contributed by atoms with Gasteiger partial charge in [0, 0.05) is 23.1 Å². The van der Waals surface area contributed by atoms with E-state index in [-0.39, 0.29) is 5.91 Å². The molecule has 1 aliphatic rings. The average Bonchev–Trinajstić information content (AvgIpc) is 2.63. The van der Waals surface area contributed by atoms with Crippen LogP contribution in [0.3, 0.4) is 0 Å². The second-order valence-electron chi connectivity index (χ2n) is 6.27. The number of carbonyl (C=O) groups is 1. The summed E-state index contributed by atoms with van der Waals surface area (Å²) in [6.07, 6.45) is 2.17. The molecule has 24 heavy (non-hydrogen) atoms. The molecule has 0 radical (unpaired) electrons. The number of piperidine rings is 1. The Morgan fingerprint density at radius 1 is 1.12 bits per heavy atom. The van der Waals surface area contributed by atoms with Gasteiger partial charge in [-0.2, -0.15) is 0 Å². The summed E-state index contributed by atoms with van der Waals surface area (Å²) >= 11 is 3.41. The van der Waals surface area contributed by atoms with Crippen LogP contribution >= 0.6 is 15.9 Å². The molecule has 2 aromatic rings. The van der Waals surface area contributed by atoms with E-state index in [0.717, 1.165) is 36.0 Å². The highest BCUT2D eigenvalue weighted by molar-refractivity contribution is 9.10. The molecule has 4 heteroatoms. The van der Waals surface area contributed by atoms with Gasteiger partial charge in [-0.25, -0.2) is 0 Å². The highest BCUT2D eigenvalue weighted by Crippen LogP contribution is 2.20. The van der Waals surface area contributed by atoms with Crippen LogP contribution in [0.15, 0.2) is 59.1 Å². The Kier molecular flexibility index (Phi) is 6.05. The number of ether oxygens (including phenoxy) is 1. The van der Waals surface area contributed by atoms with Crippen LogP contribution < -0.4 is 0 Å². The van der Waals surface area contributed by atoms with Crippen molar-refractivity contribution in [3.63, 3.8) is 0 Å². The first-order chi connectivity index (χ1) is 11.7. The van der Waals surface area contributed by atoms with Crippen LogP contribution in [-0.2, 0) is 11.3 Å². The van der Waals surface area contributed by atoms with E-state index in [1.807, 2.05) is 47.4 Å². The van der Waals surface area contributed by atoms with Crippen molar-refractivity contribution in [1.29, 1.82) is 0 Å². The lowest BCUT2D eigenvalue weighted by atomic mass is 9.98. The molecule has 1 fully saturated rings. The summed E-state index contributed by atoms with van der Waals surface area (Å²) in [5, 5.41) is 0. The fraction of sp³-hybridized carbons (Fsp3) is 0.350. The van der Waals surface area contributed by atoms with Gasteiger partial charge >= 0.3 is 0 Å². The summed E-state index contributed by atoms with van der Waals surface area (Å²) in [6, 6.07) is 17.8. The SMILES string of the molecule is O=C(c1ccc(Br)cc1)N1CCC[C@H](COCc2ccccc2)C1. The molecule has 1 saturated heterocycles. The molecule has 3 nitrogen and oxygen atoms in total. The van der Waals surface area contributed by atoms with Gasteiger partial charge in [-0.1, -0.05) is 46.3 Å². The van der Waals surface area contributed by atoms with Crippen LogP contribution in [0, 0.1) is 5.92 Å². The maximum Gasteiger partial charge on any atom is 0.253 e. The number of rotatable bonds is 5. The Labute approximate surface area is 151 Å². The molecule has 0 aliphatic carbocycles. The van der Waals surface area contributed by atoms with Crippen molar-refractivity contribution in [2.75, 3.05) is 19.7 Å². The maximum absolute atomic E-state index is 12.6. The summed E-state index contributed by atoms with van der Waals surface area (Å²) < 4.78 is 6.86. The van der Waals surface area contributed by atoms with Crippen molar-refractivity contribution < 1.29 is 9.53 Å². The Morgan fingerprint density at radius 2 is 1.88 bits per heavy atom. The third-order valence-corrected chi connectivity index (χ3v) is 4.89. The number of nitrogens with zero attached hydrogens (tertiary/aromatic N) is 1. The van der Waals surface area contributed by atoms with E-state index < -0.39 is 0 Å². The molecule has 0 N–H and O–H groups in total. The molecule has 1 aliphatic heterocycles. The second-order valence-corrected chi connectivity index (χ2v) is 7.18. The quantitative estimate of drug-likeness (QED) is 0.754. The first kappa shape index (κ1) is 17.2. The molecule has 0 spiro atoms. The lowest BCUT2D eigenvalue weighted by Crippen LogP contribution is -2.41. The Hall–Kier alpha value is -1.65. The largest absolute Gasteiger partial charge is 0.376 e. The molecule has 0 aromatic heterocycles. The predicted octanol–water partition coefficient (Wildman–Crippen LogP) is 4.52. The Balaban J connectivity index is 1.50. The van der Waals surface area contributed by atoms with E-state index in [1.54, 1.807) is 0 Å². The minimum absolute atomic E-state index is 0.121. The summed E-state index contributed by atoms with van der Waals surface area (Å²) in [4.78, 5) is 14.6. The average molecular weight is 388 g/mol. The van der Waals surface area contributed by atoms with Crippen molar-refractivity contribution in [1.82, 2.24) is 4.90 Å². The van der Waals surface area contributed by atoms with E-state index in [0.29, 0.717) is 19.1 Å². The van der Waals surface area contributed by atoms with Crippen LogP contribution in [0.25, 0.3) is 0 Å². The number of hydrogen-bond acceptors (Lipinski definition) is 2. The third kappa shape index (κ3) is 4.68. The van der Waals surface area contributed by atoms with Gasteiger partial charge in [0.1, 0.15) is 0 Å². The lowest BCUT2D eigenvalue weighted by molar-refractivity contribution is 0.0425. The molecule has 0 unspecified atom stereocenters. The van der Waals surface area contributed by atoms with Crippen LogP contribution in [-0.4, -0.2) is 30.5 Å². The van der Waals surface area contributed by atoms with Crippen molar-refractivity contribution in [2.24, 2.45) is 5.92 Å². The molecule has 0 bridgehead atoms. The van der Waals surface area contributed by atoms with Gasteiger partial charge in [-0.3, -0.25) is 4.79 Å². The van der Waals surface area contributed by atoms with Gasteiger partial charge in [-0.15, -0.1) is 0 Å². The van der Waals surface area contributed by atoms with Crippen LogP contribution in [0.5, 0.6) is 0 Å². The van der Waals surface area contributed by atoms with Gasteiger partial charge in [0.2, 0.25) is 0 Å². The standard InChI is InChI=1S/C20H22BrNO2/c21-19-10-8-18(9-11-19)20(23)22-12-4-7-17(13-22)15-24-14-16-5-2-1-3-6-16/h1-3,5-6,8-11,17H,4,7,12-15H2/t17-/m0/s1. The first-order valence-corrected chi connectivity index (χ1v) is 9.18. The van der Waals surface area contributed by atoms with E-state index in [9.17, 15) is 4.79 Å². The van der Waals surface area contributed by atoms with Gasteiger partial charge in [0.15, 0.2) is 0 Å². The molecule has 0 saturated carbocycles. The summed E-state index contributed by atoms with van der Waals surface area (Å²) in [5.41, 5.74) is 1.94. The topological polar surface area (TPSA) is 29.5 Å². The number of halogens is 1. The Bertz CT molecular complexity index is 657. The van der Waals surface area contributed by atoms with Crippen molar-refractivity contribution >= 4 is 21.8 Å². The van der Waals surface area contributed by atoms with E-state index >= 15 is 0 Å². The molecular formula is C20H22BrNO2. The Morgan fingerprint density at radius 3 is 2.62 bits per heavy atom. The van der Waals surface area contributed by atoms with E-state index in [2.05, 4.69) is 28.1 Å². The molecule has 1 amide bonds. The predicted molar refractivity (Wildman–Crippen MR) is 98.9 cm³/mol. The fourth-order valence-electron chi connectivity index (χ4n) is 3.08. The van der Waals surface area contributed by atoms with Gasteiger partial charge < -0.3 is 9.64 Å². The number of hydrogen-bond donors (Lipinski definition) is 0. The maximum atomic E-state index is 12.6. The molecule has 2 aromatic carbocycles. The smallest absolute Gasteiger partial charge is 0.253 e. The lowest BCUT2D eigenvalue weighted by Gasteiger charge is -2.32. The molecular weight excluding hydrogens is 366 g/mol. The minimum atomic E-state index is 0.121. The summed E-state index contributed by atoms with van der Waals surface area (Å²) in [6.45, 7) is 2.96. The van der Waals surface area contributed by atoms with Gasteiger partial charge in [0.05, 0.1) is 13.2 Å². The van der Waals surface area contributed by atoms with Gasteiger partial charge in [0.25, 0.3) is 5.91 Å². The normalized spacial score (nSPS) is 17.7. The molecule has 126 valence electrons. The van der Waals surface area contributed by atoms with Gasteiger partial charge in [-0.05, 0) is 48.6 Å².